The highest BCUT2D eigenvalue weighted by Gasteiger charge is 2.00. The Bertz CT molecular complexity index is 271. The van der Waals surface area contributed by atoms with Gasteiger partial charge in [-0.2, -0.15) is 0 Å². The van der Waals surface area contributed by atoms with Crippen LogP contribution in [0.2, 0.25) is 0 Å². The van der Waals surface area contributed by atoms with E-state index in [1.807, 2.05) is 0 Å². The molecule has 0 aliphatic rings. The number of alkyl halides is 1. The van der Waals surface area contributed by atoms with Crippen LogP contribution < -0.4 is 4.74 Å². The summed E-state index contributed by atoms with van der Waals surface area (Å²) in [4.78, 5) is 0. The fourth-order valence-corrected chi connectivity index (χ4v) is 1.19. The molecule has 1 aromatic carbocycles. The van der Waals surface area contributed by atoms with E-state index in [1.165, 1.54) is 0 Å². The van der Waals surface area contributed by atoms with Crippen molar-refractivity contribution in [3.8, 4) is 5.75 Å². The second kappa shape index (κ2) is 5.81. The van der Waals surface area contributed by atoms with Gasteiger partial charge in [-0.1, -0.05) is 0 Å². The van der Waals surface area contributed by atoms with Crippen molar-refractivity contribution in [2.75, 3.05) is 12.5 Å². The predicted octanol–water partition coefficient (Wildman–Crippen LogP) is 3.36. The topological polar surface area (TPSA) is 9.23 Å². The van der Waals surface area contributed by atoms with Crippen molar-refractivity contribution in [3.05, 3.63) is 29.8 Å². The SMILES string of the molecule is Fc1cc(F)cc(OCCCCCl)c1. The van der Waals surface area contributed by atoms with Crippen LogP contribution in [0.1, 0.15) is 12.8 Å². The van der Waals surface area contributed by atoms with Gasteiger partial charge in [-0.3, -0.25) is 0 Å². The molecule has 1 aromatic rings. The molecule has 14 heavy (non-hydrogen) atoms. The largest absolute Gasteiger partial charge is 0.493 e. The summed E-state index contributed by atoms with van der Waals surface area (Å²) in [5.41, 5.74) is 0. The third-order valence-electron chi connectivity index (χ3n) is 1.63. The van der Waals surface area contributed by atoms with Crippen molar-refractivity contribution in [2.24, 2.45) is 0 Å². The molecular weight excluding hydrogens is 210 g/mol. The van der Waals surface area contributed by atoms with E-state index >= 15 is 0 Å². The van der Waals surface area contributed by atoms with Crippen LogP contribution in [-0.2, 0) is 0 Å². The molecule has 0 amide bonds. The van der Waals surface area contributed by atoms with Gasteiger partial charge in [0.1, 0.15) is 17.4 Å². The second-order valence-corrected chi connectivity index (χ2v) is 3.23. The molecule has 0 radical (unpaired) electrons. The predicted molar refractivity (Wildman–Crippen MR) is 51.8 cm³/mol. The molecule has 0 saturated carbocycles. The van der Waals surface area contributed by atoms with Crippen molar-refractivity contribution < 1.29 is 13.5 Å². The van der Waals surface area contributed by atoms with Crippen LogP contribution in [0.15, 0.2) is 18.2 Å². The van der Waals surface area contributed by atoms with Crippen LogP contribution in [0.4, 0.5) is 8.78 Å². The number of benzene rings is 1. The number of halogens is 3. The molecule has 0 saturated heterocycles. The van der Waals surface area contributed by atoms with Crippen LogP contribution in [0, 0.1) is 11.6 Å². The maximum Gasteiger partial charge on any atom is 0.129 e. The molecule has 0 bridgehead atoms. The first kappa shape index (κ1) is 11.2. The van der Waals surface area contributed by atoms with Gasteiger partial charge in [0.05, 0.1) is 6.61 Å². The molecule has 0 aliphatic heterocycles. The normalized spacial score (nSPS) is 10.2. The van der Waals surface area contributed by atoms with Gasteiger partial charge in [-0.15, -0.1) is 11.6 Å². The fraction of sp³-hybridized carbons (Fsp3) is 0.400. The molecule has 0 N–H and O–H groups in total. The summed E-state index contributed by atoms with van der Waals surface area (Å²) < 4.78 is 30.5. The summed E-state index contributed by atoms with van der Waals surface area (Å²) >= 11 is 5.46. The first-order chi connectivity index (χ1) is 6.72. The van der Waals surface area contributed by atoms with Gasteiger partial charge in [-0.25, -0.2) is 8.78 Å². The average Bonchev–Trinajstić information content (AvgIpc) is 2.11. The minimum atomic E-state index is -0.627. The molecule has 0 heterocycles. The Balaban J connectivity index is 2.42. The Morgan fingerprint density at radius 1 is 1.07 bits per heavy atom. The number of hydrogen-bond acceptors (Lipinski definition) is 1. The summed E-state index contributed by atoms with van der Waals surface area (Å²) in [5.74, 6) is -0.465. The van der Waals surface area contributed by atoms with Crippen LogP contribution in [0.5, 0.6) is 5.75 Å². The zero-order valence-electron chi connectivity index (χ0n) is 7.60. The second-order valence-electron chi connectivity index (χ2n) is 2.85. The average molecular weight is 221 g/mol. The van der Waals surface area contributed by atoms with Crippen molar-refractivity contribution in [2.45, 2.75) is 12.8 Å². The smallest absolute Gasteiger partial charge is 0.129 e. The van der Waals surface area contributed by atoms with E-state index in [0.29, 0.717) is 12.5 Å². The molecule has 0 fully saturated rings. The molecular formula is C10H11ClF2O. The Hall–Kier alpha value is -0.830. The number of ether oxygens (including phenoxy) is 1. The molecule has 0 spiro atoms. The maximum atomic E-state index is 12.7. The Morgan fingerprint density at radius 2 is 1.71 bits per heavy atom. The van der Waals surface area contributed by atoms with Crippen molar-refractivity contribution in [1.29, 1.82) is 0 Å². The van der Waals surface area contributed by atoms with E-state index in [-0.39, 0.29) is 5.75 Å². The van der Waals surface area contributed by atoms with Gasteiger partial charge in [0, 0.05) is 24.1 Å². The third kappa shape index (κ3) is 3.92. The molecule has 0 aliphatic carbocycles. The quantitative estimate of drug-likeness (QED) is 0.546. The van der Waals surface area contributed by atoms with Gasteiger partial charge in [0.2, 0.25) is 0 Å². The van der Waals surface area contributed by atoms with E-state index in [2.05, 4.69) is 0 Å². The fourth-order valence-electron chi connectivity index (χ4n) is 0.998. The van der Waals surface area contributed by atoms with Gasteiger partial charge in [0.25, 0.3) is 0 Å². The van der Waals surface area contributed by atoms with Gasteiger partial charge < -0.3 is 4.74 Å². The minimum absolute atomic E-state index is 0.220. The first-order valence-corrected chi connectivity index (χ1v) is 4.90. The molecule has 4 heteroatoms. The van der Waals surface area contributed by atoms with Gasteiger partial charge >= 0.3 is 0 Å². The summed E-state index contributed by atoms with van der Waals surface area (Å²) in [6, 6.07) is 3.12. The lowest BCUT2D eigenvalue weighted by atomic mass is 10.3. The van der Waals surface area contributed by atoms with E-state index in [0.717, 1.165) is 31.0 Å². The number of hydrogen-bond donors (Lipinski definition) is 0. The highest BCUT2D eigenvalue weighted by Crippen LogP contribution is 2.15. The van der Waals surface area contributed by atoms with E-state index < -0.39 is 11.6 Å². The highest BCUT2D eigenvalue weighted by molar-refractivity contribution is 6.17. The van der Waals surface area contributed by atoms with Gasteiger partial charge in [0.15, 0.2) is 0 Å². The Morgan fingerprint density at radius 3 is 2.29 bits per heavy atom. The van der Waals surface area contributed by atoms with Crippen LogP contribution in [0.25, 0.3) is 0 Å². The summed E-state index contributed by atoms with van der Waals surface area (Å²) in [7, 11) is 0. The number of unbranched alkanes of at least 4 members (excludes halogenated alkanes) is 1. The summed E-state index contributed by atoms with van der Waals surface area (Å²) in [6.07, 6.45) is 1.61. The lowest BCUT2D eigenvalue weighted by Crippen LogP contribution is -1.98. The molecule has 78 valence electrons. The molecule has 0 aromatic heterocycles. The highest BCUT2D eigenvalue weighted by atomic mass is 35.5. The van der Waals surface area contributed by atoms with Crippen molar-refractivity contribution >= 4 is 11.6 Å². The van der Waals surface area contributed by atoms with Crippen LogP contribution in [-0.4, -0.2) is 12.5 Å². The number of rotatable bonds is 5. The summed E-state index contributed by atoms with van der Waals surface area (Å²) in [5, 5.41) is 0. The minimum Gasteiger partial charge on any atom is -0.493 e. The molecule has 1 nitrogen and oxygen atoms in total. The lowest BCUT2D eigenvalue weighted by Gasteiger charge is -2.05. The third-order valence-corrected chi connectivity index (χ3v) is 1.90. The van der Waals surface area contributed by atoms with E-state index in [4.69, 9.17) is 16.3 Å². The van der Waals surface area contributed by atoms with E-state index in [1.54, 1.807) is 0 Å². The van der Waals surface area contributed by atoms with E-state index in [9.17, 15) is 8.78 Å². The van der Waals surface area contributed by atoms with Crippen molar-refractivity contribution in [3.63, 3.8) is 0 Å². The zero-order chi connectivity index (χ0) is 10.4. The standard InChI is InChI=1S/C10H11ClF2O/c11-3-1-2-4-14-10-6-8(12)5-9(13)7-10/h5-7H,1-4H2. The van der Waals surface area contributed by atoms with Crippen LogP contribution >= 0.6 is 11.6 Å². The zero-order valence-corrected chi connectivity index (χ0v) is 8.36. The maximum absolute atomic E-state index is 12.7. The van der Waals surface area contributed by atoms with Gasteiger partial charge in [-0.05, 0) is 12.8 Å². The van der Waals surface area contributed by atoms with Crippen LogP contribution in [0.3, 0.4) is 0 Å². The molecule has 0 unspecified atom stereocenters. The monoisotopic (exact) mass is 220 g/mol. The molecule has 0 atom stereocenters. The Kier molecular flexibility index (Phi) is 4.66. The van der Waals surface area contributed by atoms with Crippen molar-refractivity contribution in [1.82, 2.24) is 0 Å². The summed E-state index contributed by atoms with van der Waals surface area (Å²) in [6.45, 7) is 0.426. The Labute approximate surface area is 86.6 Å². The molecule has 1 rings (SSSR count). The first-order valence-electron chi connectivity index (χ1n) is 4.37. The lowest BCUT2D eigenvalue weighted by molar-refractivity contribution is 0.306.